The van der Waals surface area contributed by atoms with Crippen LogP contribution >= 0.6 is 11.6 Å². The van der Waals surface area contributed by atoms with Gasteiger partial charge >= 0.3 is 6.03 Å². The Balaban J connectivity index is 1.91. The van der Waals surface area contributed by atoms with Gasteiger partial charge in [0, 0.05) is 37.9 Å². The molecule has 20 heavy (non-hydrogen) atoms. The smallest absolute Gasteiger partial charge is 0.321 e. The highest BCUT2D eigenvalue weighted by Crippen LogP contribution is 2.19. The number of benzene rings is 1. The van der Waals surface area contributed by atoms with Crippen LogP contribution in [0.1, 0.15) is 13.8 Å². The molecule has 2 amide bonds. The SMILES string of the molecule is CC(C)N1CCN(C(=O)Nc2ccc(F)c(Cl)c2)CC1. The molecule has 0 saturated carbocycles. The van der Waals surface area contributed by atoms with Crippen LogP contribution < -0.4 is 5.32 Å². The van der Waals surface area contributed by atoms with E-state index in [2.05, 4.69) is 24.1 Å². The number of rotatable bonds is 2. The van der Waals surface area contributed by atoms with Gasteiger partial charge in [0.05, 0.1) is 5.02 Å². The molecule has 1 heterocycles. The van der Waals surface area contributed by atoms with Crippen molar-refractivity contribution in [2.24, 2.45) is 0 Å². The van der Waals surface area contributed by atoms with Crippen LogP contribution in [0.4, 0.5) is 14.9 Å². The first-order chi connectivity index (χ1) is 9.47. The number of hydrogen-bond donors (Lipinski definition) is 1. The van der Waals surface area contributed by atoms with Crippen LogP contribution in [0.2, 0.25) is 5.02 Å². The summed E-state index contributed by atoms with van der Waals surface area (Å²) in [5, 5.41) is 2.75. The average molecular weight is 300 g/mol. The topological polar surface area (TPSA) is 35.6 Å². The van der Waals surface area contributed by atoms with E-state index in [1.54, 1.807) is 4.90 Å². The van der Waals surface area contributed by atoms with Crippen LogP contribution in [-0.2, 0) is 0 Å². The number of halogens is 2. The lowest BCUT2D eigenvalue weighted by molar-refractivity contribution is 0.125. The summed E-state index contributed by atoms with van der Waals surface area (Å²) >= 11 is 5.69. The first-order valence-corrected chi connectivity index (χ1v) is 7.10. The maximum absolute atomic E-state index is 13.0. The molecule has 1 aromatic carbocycles. The molecule has 1 aliphatic heterocycles. The van der Waals surface area contributed by atoms with Crippen LogP contribution in [0.25, 0.3) is 0 Å². The molecular weight excluding hydrogens is 281 g/mol. The number of nitrogens with zero attached hydrogens (tertiary/aromatic N) is 2. The fourth-order valence-electron chi connectivity index (χ4n) is 2.22. The molecule has 0 atom stereocenters. The summed E-state index contributed by atoms with van der Waals surface area (Å²) in [4.78, 5) is 16.2. The maximum Gasteiger partial charge on any atom is 0.321 e. The first kappa shape index (κ1) is 15.1. The van der Waals surface area contributed by atoms with Crippen molar-refractivity contribution < 1.29 is 9.18 Å². The molecule has 0 bridgehead atoms. The Morgan fingerprint density at radius 2 is 1.95 bits per heavy atom. The van der Waals surface area contributed by atoms with Gasteiger partial charge in [-0.15, -0.1) is 0 Å². The van der Waals surface area contributed by atoms with Gasteiger partial charge in [-0.3, -0.25) is 4.90 Å². The Hall–Kier alpha value is -1.33. The van der Waals surface area contributed by atoms with Crippen molar-refractivity contribution in [3.63, 3.8) is 0 Å². The zero-order valence-electron chi connectivity index (χ0n) is 11.7. The predicted molar refractivity (Wildman–Crippen MR) is 78.7 cm³/mol. The second-order valence-corrected chi connectivity index (χ2v) is 5.58. The number of carbonyl (C=O) groups is 1. The van der Waals surface area contributed by atoms with Gasteiger partial charge in [0.25, 0.3) is 0 Å². The van der Waals surface area contributed by atoms with Gasteiger partial charge in [-0.25, -0.2) is 9.18 Å². The summed E-state index contributed by atoms with van der Waals surface area (Å²) in [6.07, 6.45) is 0. The molecule has 110 valence electrons. The van der Waals surface area contributed by atoms with Gasteiger partial charge in [0.15, 0.2) is 0 Å². The summed E-state index contributed by atoms with van der Waals surface area (Å²) in [7, 11) is 0. The largest absolute Gasteiger partial charge is 0.322 e. The molecule has 1 N–H and O–H groups in total. The van der Waals surface area contributed by atoms with Crippen molar-refractivity contribution >= 4 is 23.3 Å². The lowest BCUT2D eigenvalue weighted by Crippen LogP contribution is -2.51. The van der Waals surface area contributed by atoms with Gasteiger partial charge in [0.1, 0.15) is 5.82 Å². The normalized spacial score (nSPS) is 16.6. The summed E-state index contributed by atoms with van der Waals surface area (Å²) in [5.41, 5.74) is 0.507. The number of piperazine rings is 1. The lowest BCUT2D eigenvalue weighted by Gasteiger charge is -2.36. The highest BCUT2D eigenvalue weighted by Gasteiger charge is 2.22. The highest BCUT2D eigenvalue weighted by atomic mass is 35.5. The standard InChI is InChI=1S/C14H19ClFN3O/c1-10(2)18-5-7-19(8-6-18)14(20)17-11-3-4-13(16)12(15)9-11/h3-4,9-10H,5-8H2,1-2H3,(H,17,20). The molecule has 1 aromatic rings. The fourth-order valence-corrected chi connectivity index (χ4v) is 2.40. The predicted octanol–water partition coefficient (Wildman–Crippen LogP) is 3.04. The van der Waals surface area contributed by atoms with Gasteiger partial charge in [0.2, 0.25) is 0 Å². The summed E-state index contributed by atoms with van der Waals surface area (Å²) in [5.74, 6) is -0.491. The van der Waals surface area contributed by atoms with E-state index in [4.69, 9.17) is 11.6 Å². The lowest BCUT2D eigenvalue weighted by atomic mass is 10.2. The summed E-state index contributed by atoms with van der Waals surface area (Å²) < 4.78 is 13.0. The number of nitrogens with one attached hydrogen (secondary N) is 1. The number of urea groups is 1. The Morgan fingerprint density at radius 1 is 1.30 bits per heavy atom. The molecule has 0 aromatic heterocycles. The summed E-state index contributed by atoms with van der Waals surface area (Å²) in [6.45, 7) is 7.43. The number of amides is 2. The Kier molecular flexibility index (Phi) is 4.83. The Labute approximate surface area is 123 Å². The van der Waals surface area contributed by atoms with Crippen molar-refractivity contribution in [2.75, 3.05) is 31.5 Å². The van der Waals surface area contributed by atoms with E-state index in [0.29, 0.717) is 24.8 Å². The monoisotopic (exact) mass is 299 g/mol. The first-order valence-electron chi connectivity index (χ1n) is 6.72. The van der Waals surface area contributed by atoms with Gasteiger partial charge in [-0.1, -0.05) is 11.6 Å². The Bertz CT molecular complexity index is 487. The minimum absolute atomic E-state index is 0.00688. The molecule has 0 unspecified atom stereocenters. The zero-order valence-corrected chi connectivity index (χ0v) is 12.5. The molecule has 1 saturated heterocycles. The van der Waals surface area contributed by atoms with Crippen molar-refractivity contribution in [3.8, 4) is 0 Å². The van der Waals surface area contributed by atoms with Gasteiger partial charge < -0.3 is 10.2 Å². The van der Waals surface area contributed by atoms with E-state index < -0.39 is 5.82 Å². The van der Waals surface area contributed by atoms with Crippen molar-refractivity contribution in [1.82, 2.24) is 9.80 Å². The van der Waals surface area contributed by atoms with E-state index in [1.807, 2.05) is 0 Å². The molecule has 4 nitrogen and oxygen atoms in total. The molecule has 6 heteroatoms. The van der Waals surface area contributed by atoms with E-state index in [0.717, 1.165) is 13.1 Å². The molecule has 0 spiro atoms. The van der Waals surface area contributed by atoms with Crippen LogP contribution in [0, 0.1) is 5.82 Å². The molecular formula is C14H19ClFN3O. The second-order valence-electron chi connectivity index (χ2n) is 5.18. The highest BCUT2D eigenvalue weighted by molar-refractivity contribution is 6.31. The van der Waals surface area contributed by atoms with Crippen LogP contribution in [0.3, 0.4) is 0 Å². The molecule has 0 aliphatic carbocycles. The van der Waals surface area contributed by atoms with Crippen molar-refractivity contribution in [3.05, 3.63) is 29.0 Å². The Morgan fingerprint density at radius 3 is 2.50 bits per heavy atom. The maximum atomic E-state index is 13.0. The number of hydrogen-bond acceptors (Lipinski definition) is 2. The fraction of sp³-hybridized carbons (Fsp3) is 0.500. The van der Waals surface area contributed by atoms with Crippen LogP contribution in [0.15, 0.2) is 18.2 Å². The van der Waals surface area contributed by atoms with E-state index in [-0.39, 0.29) is 11.1 Å². The third-order valence-electron chi connectivity index (χ3n) is 3.50. The number of carbonyl (C=O) groups excluding carboxylic acids is 1. The molecule has 2 rings (SSSR count). The third-order valence-corrected chi connectivity index (χ3v) is 3.79. The van der Waals surface area contributed by atoms with Crippen LogP contribution in [-0.4, -0.2) is 48.1 Å². The summed E-state index contributed by atoms with van der Waals surface area (Å²) in [6, 6.07) is 4.49. The van der Waals surface area contributed by atoms with E-state index in [1.165, 1.54) is 18.2 Å². The van der Waals surface area contributed by atoms with Gasteiger partial charge in [-0.2, -0.15) is 0 Å². The molecule has 0 radical (unpaired) electrons. The third kappa shape index (κ3) is 3.61. The second kappa shape index (κ2) is 6.41. The van der Waals surface area contributed by atoms with Crippen molar-refractivity contribution in [1.29, 1.82) is 0 Å². The molecule has 1 aliphatic rings. The number of anilines is 1. The quantitative estimate of drug-likeness (QED) is 0.911. The van der Waals surface area contributed by atoms with Crippen LogP contribution in [0.5, 0.6) is 0 Å². The molecule has 1 fully saturated rings. The van der Waals surface area contributed by atoms with Gasteiger partial charge in [-0.05, 0) is 32.0 Å². The van der Waals surface area contributed by atoms with Crippen molar-refractivity contribution in [2.45, 2.75) is 19.9 Å². The van der Waals surface area contributed by atoms with E-state index >= 15 is 0 Å². The minimum Gasteiger partial charge on any atom is -0.322 e. The minimum atomic E-state index is -0.491. The zero-order chi connectivity index (χ0) is 14.7. The average Bonchev–Trinajstić information content (AvgIpc) is 2.43. The van der Waals surface area contributed by atoms with E-state index in [9.17, 15) is 9.18 Å².